The standard InChI is InChI=1S/C8H10N2O/c1-5(11)10-4-6-2-7(6)8(10)3-9/h6-8H,2,4H2,1H3/t6-,7-,8-/m1/s1. The van der Waals surface area contributed by atoms with Crippen LogP contribution in [-0.2, 0) is 4.79 Å². The van der Waals surface area contributed by atoms with Crippen molar-refractivity contribution in [3.05, 3.63) is 0 Å². The van der Waals surface area contributed by atoms with Crippen molar-refractivity contribution < 1.29 is 4.79 Å². The van der Waals surface area contributed by atoms with Crippen molar-refractivity contribution in [3.8, 4) is 6.07 Å². The number of fused-ring (bicyclic) bond motifs is 1. The Bertz CT molecular complexity index is 243. The van der Waals surface area contributed by atoms with E-state index in [-0.39, 0.29) is 11.9 Å². The van der Waals surface area contributed by atoms with E-state index >= 15 is 0 Å². The molecule has 3 nitrogen and oxygen atoms in total. The monoisotopic (exact) mass is 150 g/mol. The molecule has 0 spiro atoms. The van der Waals surface area contributed by atoms with Gasteiger partial charge in [0, 0.05) is 13.5 Å². The molecule has 2 rings (SSSR count). The van der Waals surface area contributed by atoms with Crippen LogP contribution in [0.25, 0.3) is 0 Å². The molecule has 0 unspecified atom stereocenters. The summed E-state index contributed by atoms with van der Waals surface area (Å²) < 4.78 is 0. The molecule has 58 valence electrons. The molecular formula is C8H10N2O. The molecule has 1 heterocycles. The number of nitriles is 1. The van der Waals surface area contributed by atoms with Gasteiger partial charge >= 0.3 is 0 Å². The maximum Gasteiger partial charge on any atom is 0.220 e. The average molecular weight is 150 g/mol. The Morgan fingerprint density at radius 1 is 1.73 bits per heavy atom. The molecular weight excluding hydrogens is 140 g/mol. The summed E-state index contributed by atoms with van der Waals surface area (Å²) in [5.74, 6) is 1.19. The van der Waals surface area contributed by atoms with Crippen LogP contribution in [0.5, 0.6) is 0 Å². The largest absolute Gasteiger partial charge is 0.326 e. The second-order valence-corrected chi connectivity index (χ2v) is 3.40. The van der Waals surface area contributed by atoms with Gasteiger partial charge in [0.2, 0.25) is 5.91 Å². The number of rotatable bonds is 0. The van der Waals surface area contributed by atoms with Crippen LogP contribution in [0.15, 0.2) is 0 Å². The average Bonchev–Trinajstić information content (AvgIpc) is 2.63. The van der Waals surface area contributed by atoms with E-state index in [1.54, 1.807) is 4.90 Å². The topological polar surface area (TPSA) is 44.1 Å². The van der Waals surface area contributed by atoms with Crippen molar-refractivity contribution in [2.24, 2.45) is 11.8 Å². The predicted molar refractivity (Wildman–Crippen MR) is 38.4 cm³/mol. The zero-order valence-electron chi connectivity index (χ0n) is 6.45. The van der Waals surface area contributed by atoms with E-state index in [9.17, 15) is 4.79 Å². The molecule has 0 aromatic rings. The van der Waals surface area contributed by atoms with E-state index in [0.29, 0.717) is 11.8 Å². The van der Waals surface area contributed by atoms with Gasteiger partial charge < -0.3 is 4.90 Å². The highest BCUT2D eigenvalue weighted by Crippen LogP contribution is 2.49. The van der Waals surface area contributed by atoms with Gasteiger partial charge in [0.15, 0.2) is 0 Å². The molecule has 1 amide bonds. The van der Waals surface area contributed by atoms with E-state index in [1.807, 2.05) is 0 Å². The highest BCUT2D eigenvalue weighted by molar-refractivity contribution is 5.74. The quantitative estimate of drug-likeness (QED) is 0.501. The molecule has 0 aromatic heterocycles. The third-order valence-electron chi connectivity index (χ3n) is 2.69. The highest BCUT2D eigenvalue weighted by atomic mass is 16.2. The summed E-state index contributed by atoms with van der Waals surface area (Å²) in [6.45, 7) is 2.35. The molecule has 2 fully saturated rings. The molecule has 2 aliphatic rings. The van der Waals surface area contributed by atoms with Crippen molar-refractivity contribution in [1.29, 1.82) is 5.26 Å². The minimum atomic E-state index is -0.113. The molecule has 1 aliphatic heterocycles. The van der Waals surface area contributed by atoms with Crippen LogP contribution in [0.4, 0.5) is 0 Å². The third-order valence-corrected chi connectivity index (χ3v) is 2.69. The van der Waals surface area contributed by atoms with Crippen molar-refractivity contribution in [3.63, 3.8) is 0 Å². The van der Waals surface area contributed by atoms with E-state index in [4.69, 9.17) is 5.26 Å². The Morgan fingerprint density at radius 2 is 2.45 bits per heavy atom. The summed E-state index contributed by atoms with van der Waals surface area (Å²) in [6, 6.07) is 2.08. The number of hydrogen-bond acceptors (Lipinski definition) is 2. The second-order valence-electron chi connectivity index (χ2n) is 3.40. The molecule has 3 atom stereocenters. The Morgan fingerprint density at radius 3 is 2.91 bits per heavy atom. The molecule has 0 bridgehead atoms. The fraction of sp³-hybridized carbons (Fsp3) is 0.750. The van der Waals surface area contributed by atoms with Gasteiger partial charge in [-0.3, -0.25) is 4.79 Å². The van der Waals surface area contributed by atoms with Crippen LogP contribution in [0.3, 0.4) is 0 Å². The first-order valence-corrected chi connectivity index (χ1v) is 3.91. The number of likely N-dealkylation sites (tertiary alicyclic amines) is 1. The van der Waals surface area contributed by atoms with Crippen molar-refractivity contribution in [1.82, 2.24) is 4.90 Å². The van der Waals surface area contributed by atoms with Crippen LogP contribution in [0.1, 0.15) is 13.3 Å². The third kappa shape index (κ3) is 0.823. The van der Waals surface area contributed by atoms with Crippen LogP contribution in [-0.4, -0.2) is 23.4 Å². The van der Waals surface area contributed by atoms with Crippen molar-refractivity contribution in [2.75, 3.05) is 6.54 Å². The van der Waals surface area contributed by atoms with Crippen LogP contribution >= 0.6 is 0 Å². The lowest BCUT2D eigenvalue weighted by Crippen LogP contribution is -2.35. The summed E-state index contributed by atoms with van der Waals surface area (Å²) in [5.41, 5.74) is 0. The van der Waals surface area contributed by atoms with Crippen LogP contribution in [0.2, 0.25) is 0 Å². The fourth-order valence-electron chi connectivity index (χ4n) is 1.95. The second kappa shape index (κ2) is 1.97. The lowest BCUT2D eigenvalue weighted by molar-refractivity contribution is -0.129. The Labute approximate surface area is 65.6 Å². The number of hydrogen-bond donors (Lipinski definition) is 0. The zero-order valence-corrected chi connectivity index (χ0v) is 6.45. The molecule has 0 N–H and O–H groups in total. The molecule has 11 heavy (non-hydrogen) atoms. The Balaban J connectivity index is 2.14. The lowest BCUT2D eigenvalue weighted by atomic mass is 10.2. The number of amides is 1. The molecule has 3 heteroatoms. The van der Waals surface area contributed by atoms with Gasteiger partial charge in [-0.2, -0.15) is 5.26 Å². The summed E-state index contributed by atoms with van der Waals surface area (Å²) in [5, 5.41) is 8.74. The Kier molecular flexibility index (Phi) is 1.19. The zero-order chi connectivity index (χ0) is 8.01. The summed E-state index contributed by atoms with van der Waals surface area (Å²) in [4.78, 5) is 12.6. The number of piperidine rings is 1. The fourth-order valence-corrected chi connectivity index (χ4v) is 1.95. The van der Waals surface area contributed by atoms with Gasteiger partial charge in [0.1, 0.15) is 6.04 Å². The highest BCUT2D eigenvalue weighted by Gasteiger charge is 2.53. The maximum absolute atomic E-state index is 11.0. The molecule has 0 radical (unpaired) electrons. The van der Waals surface area contributed by atoms with Gasteiger partial charge in [-0.05, 0) is 18.3 Å². The Hall–Kier alpha value is -1.04. The van der Waals surface area contributed by atoms with Gasteiger partial charge in [-0.25, -0.2) is 0 Å². The minimum Gasteiger partial charge on any atom is -0.326 e. The van der Waals surface area contributed by atoms with Gasteiger partial charge in [-0.1, -0.05) is 0 Å². The van der Waals surface area contributed by atoms with E-state index in [1.165, 1.54) is 6.92 Å². The summed E-state index contributed by atoms with van der Waals surface area (Å²) in [6.07, 6.45) is 1.15. The summed E-state index contributed by atoms with van der Waals surface area (Å²) >= 11 is 0. The van der Waals surface area contributed by atoms with Crippen LogP contribution in [0, 0.1) is 23.2 Å². The van der Waals surface area contributed by atoms with Crippen molar-refractivity contribution >= 4 is 5.91 Å². The summed E-state index contributed by atoms with van der Waals surface area (Å²) in [7, 11) is 0. The van der Waals surface area contributed by atoms with Gasteiger partial charge in [0.05, 0.1) is 6.07 Å². The molecule has 1 aliphatic carbocycles. The number of carbonyl (C=O) groups is 1. The smallest absolute Gasteiger partial charge is 0.220 e. The van der Waals surface area contributed by atoms with E-state index in [2.05, 4.69) is 6.07 Å². The normalized spacial score (nSPS) is 39.6. The first-order valence-electron chi connectivity index (χ1n) is 3.91. The lowest BCUT2D eigenvalue weighted by Gasteiger charge is -2.19. The first-order chi connectivity index (χ1) is 5.24. The molecule has 0 aromatic carbocycles. The number of carbonyl (C=O) groups excluding carboxylic acids is 1. The molecule has 1 saturated heterocycles. The first kappa shape index (κ1) is 6.66. The maximum atomic E-state index is 11.0. The number of nitrogens with zero attached hydrogens (tertiary/aromatic N) is 2. The van der Waals surface area contributed by atoms with Crippen LogP contribution < -0.4 is 0 Å². The van der Waals surface area contributed by atoms with Gasteiger partial charge in [0.25, 0.3) is 0 Å². The van der Waals surface area contributed by atoms with E-state index in [0.717, 1.165) is 13.0 Å². The SMILES string of the molecule is CC(=O)N1C[C@H]2C[C@H]2[C@H]1C#N. The minimum absolute atomic E-state index is 0.0451. The predicted octanol–water partition coefficient (Wildman–Crippen LogP) is 0.377. The van der Waals surface area contributed by atoms with Gasteiger partial charge in [-0.15, -0.1) is 0 Å². The van der Waals surface area contributed by atoms with E-state index < -0.39 is 0 Å². The van der Waals surface area contributed by atoms with Crippen molar-refractivity contribution in [2.45, 2.75) is 19.4 Å². The molecule has 1 saturated carbocycles.